The third-order valence-electron chi connectivity index (χ3n) is 3.81. The summed E-state index contributed by atoms with van der Waals surface area (Å²) in [6.07, 6.45) is 7.53. The van der Waals surface area contributed by atoms with Gasteiger partial charge in [0.25, 0.3) is 0 Å². The second-order valence-electron chi connectivity index (χ2n) is 5.29. The van der Waals surface area contributed by atoms with Gasteiger partial charge in [0, 0.05) is 23.8 Å². The first-order valence-corrected chi connectivity index (χ1v) is 7.95. The van der Waals surface area contributed by atoms with E-state index >= 15 is 0 Å². The van der Waals surface area contributed by atoms with Gasteiger partial charge >= 0.3 is 0 Å². The summed E-state index contributed by atoms with van der Waals surface area (Å²) in [5, 5.41) is 1.02. The number of hydrogen-bond donors (Lipinski definition) is 0. The monoisotopic (exact) mass is 302 g/mol. The lowest BCUT2D eigenvalue weighted by Crippen LogP contribution is -2.32. The molecule has 1 fully saturated rings. The predicted octanol–water partition coefficient (Wildman–Crippen LogP) is 2.46. The van der Waals surface area contributed by atoms with Crippen molar-refractivity contribution in [3.05, 3.63) is 39.9 Å². The van der Waals surface area contributed by atoms with Crippen LogP contribution in [-0.2, 0) is 11.2 Å². The highest BCUT2D eigenvalue weighted by atomic mass is 32.1. The van der Waals surface area contributed by atoms with Crippen molar-refractivity contribution in [2.24, 2.45) is 0 Å². The van der Waals surface area contributed by atoms with Crippen molar-refractivity contribution in [1.29, 1.82) is 0 Å². The molecule has 1 saturated heterocycles. The first-order valence-electron chi connectivity index (χ1n) is 7.13. The number of carbonyl (C=O) groups is 1. The van der Waals surface area contributed by atoms with Crippen LogP contribution in [0.25, 0.3) is 0 Å². The van der Waals surface area contributed by atoms with Gasteiger partial charge in [0.15, 0.2) is 0 Å². The molecule has 0 aromatic carbocycles. The Morgan fingerprint density at radius 3 is 2.95 bits per heavy atom. The van der Waals surface area contributed by atoms with Crippen molar-refractivity contribution in [2.45, 2.75) is 39.2 Å². The Hall–Kier alpha value is -1.82. The molecule has 0 bridgehead atoms. The largest absolute Gasteiger partial charge is 0.334 e. The summed E-state index contributed by atoms with van der Waals surface area (Å²) in [5.74, 6) is 0.162. The van der Waals surface area contributed by atoms with Crippen molar-refractivity contribution in [1.82, 2.24) is 19.9 Å². The zero-order chi connectivity index (χ0) is 14.8. The van der Waals surface area contributed by atoms with Crippen LogP contribution in [0.15, 0.2) is 18.6 Å². The summed E-state index contributed by atoms with van der Waals surface area (Å²) in [6, 6.07) is 0.0699. The highest BCUT2D eigenvalue weighted by molar-refractivity contribution is 7.11. The first-order chi connectivity index (χ1) is 10.1. The lowest BCUT2D eigenvalue weighted by atomic mass is 10.1. The molecule has 0 aliphatic carbocycles. The number of likely N-dealkylation sites (tertiary alicyclic amines) is 1. The van der Waals surface area contributed by atoms with Gasteiger partial charge in [0.1, 0.15) is 0 Å². The molecule has 1 aliphatic heterocycles. The molecule has 0 N–H and O–H groups in total. The minimum absolute atomic E-state index is 0.0699. The number of rotatable bonds is 3. The highest BCUT2D eigenvalue weighted by Gasteiger charge is 2.31. The smallest absolute Gasteiger partial charge is 0.228 e. The molecule has 3 heterocycles. The molecule has 1 atom stereocenters. The van der Waals surface area contributed by atoms with Crippen LogP contribution in [-0.4, -0.2) is 32.3 Å². The highest BCUT2D eigenvalue weighted by Crippen LogP contribution is 2.31. The van der Waals surface area contributed by atoms with Crippen LogP contribution in [0, 0.1) is 13.8 Å². The molecule has 6 heteroatoms. The molecule has 2 aromatic heterocycles. The fourth-order valence-corrected chi connectivity index (χ4v) is 3.76. The van der Waals surface area contributed by atoms with Gasteiger partial charge in [0.2, 0.25) is 5.91 Å². The van der Waals surface area contributed by atoms with Gasteiger partial charge in [-0.1, -0.05) is 0 Å². The maximum atomic E-state index is 12.6. The molecular weight excluding hydrogens is 284 g/mol. The second-order valence-corrected chi connectivity index (χ2v) is 6.58. The molecular formula is C15H18N4OS. The first kappa shape index (κ1) is 14.1. The number of aryl methyl sites for hydroxylation is 2. The van der Waals surface area contributed by atoms with Gasteiger partial charge in [-0.2, -0.15) is 0 Å². The Kier molecular flexibility index (Phi) is 3.96. The summed E-state index contributed by atoms with van der Waals surface area (Å²) in [6.45, 7) is 4.75. The van der Waals surface area contributed by atoms with Crippen LogP contribution in [0.4, 0.5) is 0 Å². The summed E-state index contributed by atoms with van der Waals surface area (Å²) < 4.78 is 0. The molecule has 3 rings (SSSR count). The third-order valence-corrected chi connectivity index (χ3v) is 4.88. The number of nitrogens with zero attached hydrogens (tertiary/aromatic N) is 4. The molecule has 110 valence electrons. The maximum absolute atomic E-state index is 12.6. The Bertz CT molecular complexity index is 640. The van der Waals surface area contributed by atoms with E-state index in [4.69, 9.17) is 0 Å². The van der Waals surface area contributed by atoms with Gasteiger partial charge < -0.3 is 4.90 Å². The Morgan fingerprint density at radius 1 is 1.43 bits per heavy atom. The molecule has 0 saturated carbocycles. The van der Waals surface area contributed by atoms with Crippen molar-refractivity contribution in [3.63, 3.8) is 0 Å². The average molecular weight is 302 g/mol. The zero-order valence-corrected chi connectivity index (χ0v) is 13.1. The molecule has 1 aliphatic rings. The average Bonchev–Trinajstić information content (AvgIpc) is 3.07. The summed E-state index contributed by atoms with van der Waals surface area (Å²) in [4.78, 5) is 28.5. The van der Waals surface area contributed by atoms with Crippen LogP contribution in [0.2, 0.25) is 0 Å². The zero-order valence-electron chi connectivity index (χ0n) is 12.2. The van der Waals surface area contributed by atoms with Gasteiger partial charge in [-0.15, -0.1) is 11.3 Å². The number of aromatic nitrogens is 3. The number of amides is 1. The van der Waals surface area contributed by atoms with E-state index in [0.29, 0.717) is 6.42 Å². The SMILES string of the molecule is Cc1nc(C)c(CC(=O)N2CCCC2c2cnccn2)s1. The number of hydrogen-bond acceptors (Lipinski definition) is 5. The van der Waals surface area contributed by atoms with E-state index in [0.717, 1.165) is 40.7 Å². The van der Waals surface area contributed by atoms with E-state index in [2.05, 4.69) is 15.0 Å². The van der Waals surface area contributed by atoms with E-state index in [1.54, 1.807) is 29.9 Å². The van der Waals surface area contributed by atoms with Crippen molar-refractivity contribution in [2.75, 3.05) is 6.54 Å². The fraction of sp³-hybridized carbons (Fsp3) is 0.467. The van der Waals surface area contributed by atoms with Gasteiger partial charge in [0.05, 0.1) is 35.1 Å². The predicted molar refractivity (Wildman–Crippen MR) is 81.0 cm³/mol. The third kappa shape index (κ3) is 2.95. The Balaban J connectivity index is 1.76. The minimum atomic E-state index is 0.0699. The maximum Gasteiger partial charge on any atom is 0.228 e. The molecule has 2 aromatic rings. The van der Waals surface area contributed by atoms with Crippen LogP contribution in [0.1, 0.15) is 40.2 Å². The topological polar surface area (TPSA) is 59.0 Å². The standard InChI is InChI=1S/C15H18N4OS/c1-10-14(21-11(2)18-10)8-15(20)19-7-3-4-13(19)12-9-16-5-6-17-12/h5-6,9,13H,3-4,7-8H2,1-2H3. The van der Waals surface area contributed by atoms with Gasteiger partial charge in [-0.05, 0) is 26.7 Å². The lowest BCUT2D eigenvalue weighted by Gasteiger charge is -2.24. The molecule has 0 spiro atoms. The molecule has 0 radical (unpaired) electrons. The Labute approximate surface area is 128 Å². The van der Waals surface area contributed by atoms with E-state index in [1.807, 2.05) is 18.7 Å². The summed E-state index contributed by atoms with van der Waals surface area (Å²) in [5.41, 5.74) is 1.86. The van der Waals surface area contributed by atoms with E-state index in [1.165, 1.54) is 0 Å². The minimum Gasteiger partial charge on any atom is -0.334 e. The number of carbonyl (C=O) groups excluding carboxylic acids is 1. The molecule has 5 nitrogen and oxygen atoms in total. The normalized spacial score (nSPS) is 18.2. The molecule has 1 amide bonds. The second kappa shape index (κ2) is 5.89. The quantitative estimate of drug-likeness (QED) is 0.874. The van der Waals surface area contributed by atoms with Crippen LogP contribution in [0.5, 0.6) is 0 Å². The number of thiazole rings is 1. The molecule has 1 unspecified atom stereocenters. The van der Waals surface area contributed by atoms with Gasteiger partial charge in [-0.3, -0.25) is 14.8 Å². The Morgan fingerprint density at radius 2 is 2.29 bits per heavy atom. The van der Waals surface area contributed by atoms with Crippen molar-refractivity contribution < 1.29 is 4.79 Å². The summed E-state index contributed by atoms with van der Waals surface area (Å²) >= 11 is 1.61. The van der Waals surface area contributed by atoms with E-state index in [9.17, 15) is 4.79 Å². The molecule has 21 heavy (non-hydrogen) atoms. The lowest BCUT2D eigenvalue weighted by molar-refractivity contribution is -0.131. The van der Waals surface area contributed by atoms with E-state index in [-0.39, 0.29) is 11.9 Å². The van der Waals surface area contributed by atoms with Crippen LogP contribution >= 0.6 is 11.3 Å². The summed E-state index contributed by atoms with van der Waals surface area (Å²) in [7, 11) is 0. The van der Waals surface area contributed by atoms with E-state index < -0.39 is 0 Å². The van der Waals surface area contributed by atoms with Crippen molar-refractivity contribution in [3.8, 4) is 0 Å². The van der Waals surface area contributed by atoms with Crippen molar-refractivity contribution >= 4 is 17.2 Å². The van der Waals surface area contributed by atoms with Gasteiger partial charge in [-0.25, -0.2) is 4.98 Å². The van der Waals surface area contributed by atoms with Crippen LogP contribution < -0.4 is 0 Å². The fourth-order valence-electron chi connectivity index (χ4n) is 2.83. The van der Waals surface area contributed by atoms with Crippen LogP contribution in [0.3, 0.4) is 0 Å².